The smallest absolute Gasteiger partial charge is 0.222 e. The molecule has 0 aliphatic carbocycles. The third kappa shape index (κ3) is 4.04. The summed E-state index contributed by atoms with van der Waals surface area (Å²) in [5, 5.41) is 0. The van der Waals surface area contributed by atoms with Crippen molar-refractivity contribution in [2.24, 2.45) is 11.7 Å². The van der Waals surface area contributed by atoms with Crippen molar-refractivity contribution in [3.63, 3.8) is 0 Å². The Kier molecular flexibility index (Phi) is 5.40. The van der Waals surface area contributed by atoms with Crippen LogP contribution in [0.3, 0.4) is 0 Å². The number of rotatable bonds is 5. The Balaban J connectivity index is 2.24. The molecule has 1 aliphatic heterocycles. The standard InChI is InChI=1S/C12H22N2O/c1-2-3-4-12(15)14-9-6-11(5-8-13)7-10-14/h2,11H,1,3-10,13H2. The molecule has 1 saturated heterocycles. The number of hydrogen-bond donors (Lipinski definition) is 1. The van der Waals surface area contributed by atoms with Crippen LogP contribution in [0.2, 0.25) is 0 Å². The van der Waals surface area contributed by atoms with E-state index in [1.54, 1.807) is 6.08 Å². The van der Waals surface area contributed by atoms with E-state index in [1.165, 1.54) is 0 Å². The normalized spacial score (nSPS) is 17.8. The van der Waals surface area contributed by atoms with Gasteiger partial charge in [-0.1, -0.05) is 6.08 Å². The number of nitrogens with zero attached hydrogens (tertiary/aromatic N) is 1. The van der Waals surface area contributed by atoms with E-state index in [9.17, 15) is 4.79 Å². The number of hydrogen-bond acceptors (Lipinski definition) is 2. The quantitative estimate of drug-likeness (QED) is 0.700. The van der Waals surface area contributed by atoms with Gasteiger partial charge in [0.2, 0.25) is 5.91 Å². The third-order valence-electron chi connectivity index (χ3n) is 3.10. The van der Waals surface area contributed by atoms with Gasteiger partial charge in [0.1, 0.15) is 0 Å². The topological polar surface area (TPSA) is 46.3 Å². The average Bonchev–Trinajstić information content (AvgIpc) is 2.27. The Morgan fingerprint density at radius 3 is 2.67 bits per heavy atom. The fourth-order valence-corrected chi connectivity index (χ4v) is 2.09. The molecule has 0 radical (unpaired) electrons. The van der Waals surface area contributed by atoms with Gasteiger partial charge in [-0.25, -0.2) is 0 Å². The molecule has 0 aromatic heterocycles. The van der Waals surface area contributed by atoms with Gasteiger partial charge in [-0.3, -0.25) is 4.79 Å². The fraction of sp³-hybridized carbons (Fsp3) is 0.750. The van der Waals surface area contributed by atoms with Crippen molar-refractivity contribution in [2.45, 2.75) is 32.1 Å². The van der Waals surface area contributed by atoms with Crippen molar-refractivity contribution < 1.29 is 4.79 Å². The third-order valence-corrected chi connectivity index (χ3v) is 3.10. The maximum atomic E-state index is 11.7. The largest absolute Gasteiger partial charge is 0.343 e. The minimum atomic E-state index is 0.279. The van der Waals surface area contributed by atoms with Crippen molar-refractivity contribution in [2.75, 3.05) is 19.6 Å². The number of allylic oxidation sites excluding steroid dienone is 1. The lowest BCUT2D eigenvalue weighted by atomic mass is 9.93. The Morgan fingerprint density at radius 1 is 1.47 bits per heavy atom. The van der Waals surface area contributed by atoms with Crippen LogP contribution in [-0.4, -0.2) is 30.4 Å². The number of likely N-dealkylation sites (tertiary alicyclic amines) is 1. The molecule has 0 unspecified atom stereocenters. The Labute approximate surface area is 92.3 Å². The first-order chi connectivity index (χ1) is 7.27. The first-order valence-electron chi connectivity index (χ1n) is 5.86. The molecule has 3 heteroatoms. The zero-order chi connectivity index (χ0) is 11.1. The number of carbonyl (C=O) groups excluding carboxylic acids is 1. The summed E-state index contributed by atoms with van der Waals surface area (Å²) in [5.74, 6) is 1.01. The van der Waals surface area contributed by atoms with E-state index >= 15 is 0 Å². The summed E-state index contributed by atoms with van der Waals surface area (Å²) < 4.78 is 0. The molecule has 1 amide bonds. The lowest BCUT2D eigenvalue weighted by molar-refractivity contribution is -0.132. The highest BCUT2D eigenvalue weighted by molar-refractivity contribution is 5.76. The van der Waals surface area contributed by atoms with E-state index in [4.69, 9.17) is 5.73 Å². The molecule has 86 valence electrons. The van der Waals surface area contributed by atoms with Gasteiger partial charge < -0.3 is 10.6 Å². The van der Waals surface area contributed by atoms with E-state index in [2.05, 4.69) is 6.58 Å². The minimum absolute atomic E-state index is 0.279. The summed E-state index contributed by atoms with van der Waals surface area (Å²) in [7, 11) is 0. The van der Waals surface area contributed by atoms with Gasteiger partial charge in [0.05, 0.1) is 0 Å². The molecule has 0 aromatic carbocycles. The molecule has 0 saturated carbocycles. The van der Waals surface area contributed by atoms with Crippen molar-refractivity contribution >= 4 is 5.91 Å². The highest BCUT2D eigenvalue weighted by Gasteiger charge is 2.21. The number of amides is 1. The van der Waals surface area contributed by atoms with Gasteiger partial charge in [-0.15, -0.1) is 6.58 Å². The predicted octanol–water partition coefficient (Wildman–Crippen LogP) is 1.54. The van der Waals surface area contributed by atoms with Gasteiger partial charge in [0, 0.05) is 19.5 Å². The molecule has 15 heavy (non-hydrogen) atoms. The Bertz CT molecular complexity index is 208. The summed E-state index contributed by atoms with van der Waals surface area (Å²) in [5.41, 5.74) is 5.53. The van der Waals surface area contributed by atoms with Gasteiger partial charge in [-0.2, -0.15) is 0 Å². The molecule has 1 heterocycles. The van der Waals surface area contributed by atoms with Crippen LogP contribution in [-0.2, 0) is 4.79 Å². The maximum Gasteiger partial charge on any atom is 0.222 e. The lowest BCUT2D eigenvalue weighted by Crippen LogP contribution is -2.38. The number of piperidine rings is 1. The highest BCUT2D eigenvalue weighted by atomic mass is 16.2. The Hall–Kier alpha value is -0.830. The molecular weight excluding hydrogens is 188 g/mol. The van der Waals surface area contributed by atoms with Gasteiger partial charge in [-0.05, 0) is 38.1 Å². The maximum absolute atomic E-state index is 11.7. The van der Waals surface area contributed by atoms with E-state index in [-0.39, 0.29) is 5.91 Å². The van der Waals surface area contributed by atoms with Crippen LogP contribution in [0.5, 0.6) is 0 Å². The fourth-order valence-electron chi connectivity index (χ4n) is 2.09. The molecule has 0 aromatic rings. The number of carbonyl (C=O) groups is 1. The second-order valence-corrected chi connectivity index (χ2v) is 4.23. The van der Waals surface area contributed by atoms with E-state index < -0.39 is 0 Å². The van der Waals surface area contributed by atoms with Crippen LogP contribution in [0.1, 0.15) is 32.1 Å². The molecule has 0 atom stereocenters. The molecular formula is C12H22N2O. The van der Waals surface area contributed by atoms with Crippen LogP contribution in [0.4, 0.5) is 0 Å². The highest BCUT2D eigenvalue weighted by Crippen LogP contribution is 2.20. The summed E-state index contributed by atoms with van der Waals surface area (Å²) >= 11 is 0. The van der Waals surface area contributed by atoms with Crippen molar-refractivity contribution in [1.82, 2.24) is 4.90 Å². The summed E-state index contributed by atoms with van der Waals surface area (Å²) in [6, 6.07) is 0. The van der Waals surface area contributed by atoms with Crippen LogP contribution >= 0.6 is 0 Å². The van der Waals surface area contributed by atoms with E-state index in [0.717, 1.165) is 51.2 Å². The van der Waals surface area contributed by atoms with Crippen LogP contribution in [0.25, 0.3) is 0 Å². The SMILES string of the molecule is C=CCCC(=O)N1CCC(CCN)CC1. The summed E-state index contributed by atoms with van der Waals surface area (Å²) in [6.45, 7) is 6.24. The van der Waals surface area contributed by atoms with Gasteiger partial charge in [0.15, 0.2) is 0 Å². The average molecular weight is 210 g/mol. The lowest BCUT2D eigenvalue weighted by Gasteiger charge is -2.31. The first-order valence-corrected chi connectivity index (χ1v) is 5.86. The molecule has 3 nitrogen and oxygen atoms in total. The minimum Gasteiger partial charge on any atom is -0.343 e. The van der Waals surface area contributed by atoms with Gasteiger partial charge in [0.25, 0.3) is 0 Å². The summed E-state index contributed by atoms with van der Waals surface area (Å²) in [4.78, 5) is 13.7. The van der Waals surface area contributed by atoms with Crippen molar-refractivity contribution in [1.29, 1.82) is 0 Å². The zero-order valence-electron chi connectivity index (χ0n) is 9.45. The number of nitrogens with two attached hydrogens (primary N) is 1. The molecule has 2 N–H and O–H groups in total. The molecule has 1 fully saturated rings. The molecule has 0 bridgehead atoms. The van der Waals surface area contributed by atoms with E-state index in [0.29, 0.717) is 6.42 Å². The zero-order valence-corrected chi connectivity index (χ0v) is 9.45. The van der Waals surface area contributed by atoms with E-state index in [1.807, 2.05) is 4.90 Å². The van der Waals surface area contributed by atoms with Crippen LogP contribution < -0.4 is 5.73 Å². The first kappa shape index (κ1) is 12.2. The predicted molar refractivity (Wildman–Crippen MR) is 62.4 cm³/mol. The van der Waals surface area contributed by atoms with Crippen LogP contribution in [0.15, 0.2) is 12.7 Å². The molecule has 1 rings (SSSR count). The molecule has 0 spiro atoms. The molecule has 1 aliphatic rings. The van der Waals surface area contributed by atoms with Gasteiger partial charge >= 0.3 is 0 Å². The van der Waals surface area contributed by atoms with Crippen LogP contribution in [0, 0.1) is 5.92 Å². The summed E-state index contributed by atoms with van der Waals surface area (Å²) in [6.07, 6.45) is 6.56. The monoisotopic (exact) mass is 210 g/mol. The second kappa shape index (κ2) is 6.62. The van der Waals surface area contributed by atoms with Crippen molar-refractivity contribution in [3.8, 4) is 0 Å². The second-order valence-electron chi connectivity index (χ2n) is 4.23. The Morgan fingerprint density at radius 2 is 2.13 bits per heavy atom. The van der Waals surface area contributed by atoms with Crippen molar-refractivity contribution in [3.05, 3.63) is 12.7 Å².